The van der Waals surface area contributed by atoms with Gasteiger partial charge in [0, 0.05) is 4.47 Å². The first kappa shape index (κ1) is 13.1. The van der Waals surface area contributed by atoms with E-state index >= 15 is 0 Å². The van der Waals surface area contributed by atoms with Gasteiger partial charge in [-0.15, -0.1) is 0 Å². The van der Waals surface area contributed by atoms with Crippen molar-refractivity contribution >= 4 is 21.9 Å². The second kappa shape index (κ2) is 5.96. The molecule has 5 heteroatoms. The van der Waals surface area contributed by atoms with E-state index in [4.69, 9.17) is 5.73 Å². The number of benzene rings is 1. The number of carbonyl (C=O) groups is 1. The van der Waals surface area contributed by atoms with Gasteiger partial charge in [0.15, 0.2) is 0 Å². The fraction of sp³-hybridized carbons (Fsp3) is 0.364. The van der Waals surface area contributed by atoms with Crippen LogP contribution in [0, 0.1) is 5.82 Å². The van der Waals surface area contributed by atoms with Gasteiger partial charge in [-0.1, -0.05) is 15.9 Å². The number of aryl methyl sites for hydroxylation is 1. The molecular weight excluding hydrogens is 277 g/mol. The third kappa shape index (κ3) is 3.57. The minimum Gasteiger partial charge on any atom is -0.468 e. The van der Waals surface area contributed by atoms with Gasteiger partial charge in [-0.2, -0.15) is 0 Å². The largest absolute Gasteiger partial charge is 0.468 e. The molecule has 0 saturated carbocycles. The number of carbonyl (C=O) groups excluding carboxylic acids is 1. The quantitative estimate of drug-likeness (QED) is 0.863. The molecule has 0 heterocycles. The topological polar surface area (TPSA) is 52.3 Å². The molecule has 1 rings (SSSR count). The second-order valence-corrected chi connectivity index (χ2v) is 4.32. The fourth-order valence-corrected chi connectivity index (χ4v) is 1.72. The Hall–Kier alpha value is -0.940. The van der Waals surface area contributed by atoms with Crippen molar-refractivity contribution in [2.45, 2.75) is 18.9 Å². The Bertz CT molecular complexity index is 384. The summed E-state index contributed by atoms with van der Waals surface area (Å²) in [7, 11) is 1.28. The second-order valence-electron chi connectivity index (χ2n) is 3.40. The highest BCUT2D eigenvalue weighted by molar-refractivity contribution is 9.10. The van der Waals surface area contributed by atoms with Crippen molar-refractivity contribution in [2.75, 3.05) is 7.11 Å². The molecule has 1 aromatic carbocycles. The van der Waals surface area contributed by atoms with Crippen LogP contribution in [0.2, 0.25) is 0 Å². The summed E-state index contributed by atoms with van der Waals surface area (Å²) < 4.78 is 18.6. The minimum absolute atomic E-state index is 0.291. The summed E-state index contributed by atoms with van der Waals surface area (Å²) in [5.41, 5.74) is 6.09. The number of hydrogen-bond acceptors (Lipinski definition) is 3. The van der Waals surface area contributed by atoms with Crippen LogP contribution in [-0.2, 0) is 16.0 Å². The van der Waals surface area contributed by atoms with Gasteiger partial charge in [0.2, 0.25) is 0 Å². The van der Waals surface area contributed by atoms with E-state index in [1.54, 1.807) is 12.1 Å². The molecule has 3 nitrogen and oxygen atoms in total. The van der Waals surface area contributed by atoms with Crippen LogP contribution in [0.1, 0.15) is 12.0 Å². The maximum absolute atomic E-state index is 13.3. The molecule has 0 radical (unpaired) electrons. The molecule has 0 aromatic heterocycles. The highest BCUT2D eigenvalue weighted by Crippen LogP contribution is 2.17. The average molecular weight is 290 g/mol. The van der Waals surface area contributed by atoms with Gasteiger partial charge in [0.1, 0.15) is 11.9 Å². The Balaban J connectivity index is 2.60. The first-order chi connectivity index (χ1) is 7.54. The summed E-state index contributed by atoms with van der Waals surface area (Å²) in [6.07, 6.45) is 0.765. The Kier molecular flexibility index (Phi) is 4.89. The maximum atomic E-state index is 13.3. The van der Waals surface area contributed by atoms with E-state index in [-0.39, 0.29) is 5.82 Å². The number of rotatable bonds is 4. The smallest absolute Gasteiger partial charge is 0.322 e. The Morgan fingerprint density at radius 1 is 1.62 bits per heavy atom. The maximum Gasteiger partial charge on any atom is 0.322 e. The van der Waals surface area contributed by atoms with Crippen LogP contribution >= 0.6 is 15.9 Å². The lowest BCUT2D eigenvalue weighted by Crippen LogP contribution is -2.32. The van der Waals surface area contributed by atoms with E-state index in [9.17, 15) is 9.18 Å². The number of methoxy groups -OCH3 is 1. The van der Waals surface area contributed by atoms with Gasteiger partial charge in [0.05, 0.1) is 7.11 Å². The predicted molar refractivity (Wildman–Crippen MR) is 62.4 cm³/mol. The Morgan fingerprint density at radius 2 is 2.31 bits per heavy atom. The Labute approximate surface area is 102 Å². The molecule has 16 heavy (non-hydrogen) atoms. The molecule has 0 aliphatic rings. The molecule has 1 unspecified atom stereocenters. The summed E-state index contributed by atoms with van der Waals surface area (Å²) in [6.45, 7) is 0. The molecule has 0 fully saturated rings. The minimum atomic E-state index is -0.705. The molecule has 0 spiro atoms. The van der Waals surface area contributed by atoms with Crippen molar-refractivity contribution in [3.8, 4) is 0 Å². The van der Waals surface area contributed by atoms with Gasteiger partial charge in [-0.25, -0.2) is 4.39 Å². The highest BCUT2D eigenvalue weighted by Gasteiger charge is 2.14. The lowest BCUT2D eigenvalue weighted by atomic mass is 10.1. The highest BCUT2D eigenvalue weighted by atomic mass is 79.9. The van der Waals surface area contributed by atoms with E-state index in [1.165, 1.54) is 13.2 Å². The van der Waals surface area contributed by atoms with Crippen LogP contribution in [0.15, 0.2) is 22.7 Å². The average Bonchev–Trinajstić information content (AvgIpc) is 2.28. The van der Waals surface area contributed by atoms with Crippen LogP contribution in [0.4, 0.5) is 4.39 Å². The van der Waals surface area contributed by atoms with Gasteiger partial charge >= 0.3 is 5.97 Å². The number of ether oxygens (including phenoxy) is 1. The molecule has 0 aliphatic heterocycles. The predicted octanol–water partition coefficient (Wildman–Crippen LogP) is 2.02. The van der Waals surface area contributed by atoms with Crippen molar-refractivity contribution in [3.63, 3.8) is 0 Å². The lowest BCUT2D eigenvalue weighted by molar-refractivity contribution is -0.142. The summed E-state index contributed by atoms with van der Waals surface area (Å²) in [6, 6.07) is 3.98. The molecule has 1 atom stereocenters. The summed E-state index contributed by atoms with van der Waals surface area (Å²) >= 11 is 3.26. The third-order valence-corrected chi connectivity index (χ3v) is 2.73. The van der Waals surface area contributed by atoms with Crippen molar-refractivity contribution in [1.29, 1.82) is 0 Å². The Morgan fingerprint density at radius 3 is 2.94 bits per heavy atom. The van der Waals surface area contributed by atoms with Gasteiger partial charge < -0.3 is 10.5 Å². The van der Waals surface area contributed by atoms with Crippen molar-refractivity contribution in [2.24, 2.45) is 5.73 Å². The molecule has 0 bridgehead atoms. The van der Waals surface area contributed by atoms with Crippen molar-refractivity contribution < 1.29 is 13.9 Å². The number of hydrogen-bond donors (Lipinski definition) is 1. The van der Waals surface area contributed by atoms with E-state index in [1.807, 2.05) is 0 Å². The van der Waals surface area contributed by atoms with Crippen LogP contribution < -0.4 is 5.73 Å². The first-order valence-corrected chi connectivity index (χ1v) is 5.61. The number of nitrogens with two attached hydrogens (primary N) is 1. The zero-order chi connectivity index (χ0) is 12.1. The van der Waals surface area contributed by atoms with Gasteiger partial charge in [0.25, 0.3) is 0 Å². The zero-order valence-electron chi connectivity index (χ0n) is 8.87. The molecule has 0 saturated heterocycles. The van der Waals surface area contributed by atoms with Crippen LogP contribution in [-0.4, -0.2) is 19.1 Å². The molecule has 0 aliphatic carbocycles. The molecule has 0 amide bonds. The van der Waals surface area contributed by atoms with Crippen LogP contribution in [0.3, 0.4) is 0 Å². The van der Waals surface area contributed by atoms with E-state index in [0.29, 0.717) is 18.4 Å². The standard InChI is InChI=1S/C11H13BrFNO2/c1-16-11(15)10(14)5-2-7-6-8(12)3-4-9(7)13/h3-4,6,10H,2,5,14H2,1H3. The molecular formula is C11H13BrFNO2. The van der Waals surface area contributed by atoms with Crippen molar-refractivity contribution in [3.05, 3.63) is 34.1 Å². The van der Waals surface area contributed by atoms with E-state index in [0.717, 1.165) is 4.47 Å². The van der Waals surface area contributed by atoms with Crippen molar-refractivity contribution in [1.82, 2.24) is 0 Å². The monoisotopic (exact) mass is 289 g/mol. The fourth-order valence-electron chi connectivity index (χ4n) is 1.32. The molecule has 1 aromatic rings. The zero-order valence-corrected chi connectivity index (χ0v) is 10.5. The SMILES string of the molecule is COC(=O)C(N)CCc1cc(Br)ccc1F. The van der Waals surface area contributed by atoms with Crippen LogP contribution in [0.5, 0.6) is 0 Å². The van der Waals surface area contributed by atoms with Crippen LogP contribution in [0.25, 0.3) is 0 Å². The van der Waals surface area contributed by atoms with Gasteiger partial charge in [-0.05, 0) is 36.6 Å². The summed E-state index contributed by atoms with van der Waals surface area (Å²) in [4.78, 5) is 11.0. The first-order valence-electron chi connectivity index (χ1n) is 4.82. The number of esters is 1. The normalized spacial score (nSPS) is 12.2. The van der Waals surface area contributed by atoms with E-state index in [2.05, 4.69) is 20.7 Å². The van der Waals surface area contributed by atoms with Gasteiger partial charge in [-0.3, -0.25) is 4.79 Å². The molecule has 2 N–H and O–H groups in total. The summed E-state index contributed by atoms with van der Waals surface area (Å²) in [5, 5.41) is 0. The molecule has 88 valence electrons. The van der Waals surface area contributed by atoms with E-state index < -0.39 is 12.0 Å². The lowest BCUT2D eigenvalue weighted by Gasteiger charge is -2.09. The number of halogens is 2. The summed E-state index contributed by atoms with van der Waals surface area (Å²) in [5.74, 6) is -0.768. The third-order valence-electron chi connectivity index (χ3n) is 2.24.